The molecule has 2 N–H and O–H groups in total. The number of aromatic nitrogens is 2. The van der Waals surface area contributed by atoms with E-state index in [-0.39, 0.29) is 33.1 Å². The summed E-state index contributed by atoms with van der Waals surface area (Å²) in [5.41, 5.74) is 0.620. The number of amides is 1. The van der Waals surface area contributed by atoms with E-state index in [9.17, 15) is 13.2 Å². The highest BCUT2D eigenvalue weighted by Crippen LogP contribution is 2.38. The lowest BCUT2D eigenvalue weighted by molar-refractivity contribution is 0.0946. The third kappa shape index (κ3) is 4.75. The molecule has 2 aromatic carbocycles. The molecule has 1 heterocycles. The Morgan fingerprint density at radius 3 is 2.57 bits per heavy atom. The highest BCUT2D eigenvalue weighted by atomic mass is 35.5. The Labute approximate surface area is 182 Å². The molecule has 156 valence electrons. The van der Waals surface area contributed by atoms with Crippen LogP contribution in [0, 0.1) is 0 Å². The molecule has 3 aromatic rings. The molecule has 1 aliphatic rings. The Balaban J connectivity index is 1.39. The Morgan fingerprint density at radius 1 is 1.13 bits per heavy atom. The second-order valence-corrected chi connectivity index (χ2v) is 9.26. The van der Waals surface area contributed by atoms with Crippen LogP contribution < -0.4 is 10.0 Å². The van der Waals surface area contributed by atoms with Crippen molar-refractivity contribution < 1.29 is 17.7 Å². The number of hydrogen-bond acceptors (Lipinski definition) is 6. The van der Waals surface area contributed by atoms with Crippen molar-refractivity contribution in [2.24, 2.45) is 0 Å². The number of nitrogens with zero attached hydrogens (tertiary/aromatic N) is 2. The molecule has 1 fully saturated rings. The number of hydrogen-bond donors (Lipinski definition) is 2. The van der Waals surface area contributed by atoms with Gasteiger partial charge in [-0.3, -0.25) is 9.52 Å². The van der Waals surface area contributed by atoms with Crippen molar-refractivity contribution in [2.45, 2.75) is 30.2 Å². The van der Waals surface area contributed by atoms with Gasteiger partial charge in [-0.1, -0.05) is 28.4 Å². The average molecular weight is 467 g/mol. The fourth-order valence-corrected chi connectivity index (χ4v) is 4.51. The van der Waals surface area contributed by atoms with E-state index in [1.54, 1.807) is 0 Å². The molecule has 1 amide bonds. The maximum absolute atomic E-state index is 12.6. The van der Waals surface area contributed by atoms with Gasteiger partial charge < -0.3 is 9.84 Å². The lowest BCUT2D eigenvalue weighted by Crippen LogP contribution is -2.23. The normalized spacial score (nSPS) is 13.8. The van der Waals surface area contributed by atoms with Gasteiger partial charge in [-0.25, -0.2) is 8.42 Å². The topological polar surface area (TPSA) is 114 Å². The molecular weight excluding hydrogens is 451 g/mol. The van der Waals surface area contributed by atoms with Crippen LogP contribution in [0.5, 0.6) is 0 Å². The zero-order valence-corrected chi connectivity index (χ0v) is 17.8. The van der Waals surface area contributed by atoms with E-state index in [2.05, 4.69) is 20.2 Å². The van der Waals surface area contributed by atoms with Crippen molar-refractivity contribution in [1.82, 2.24) is 15.5 Å². The molecule has 8 nitrogen and oxygen atoms in total. The van der Waals surface area contributed by atoms with Crippen molar-refractivity contribution in [2.75, 3.05) is 4.72 Å². The van der Waals surface area contributed by atoms with Gasteiger partial charge in [0, 0.05) is 22.2 Å². The lowest BCUT2D eigenvalue weighted by Gasteiger charge is -2.10. The van der Waals surface area contributed by atoms with Crippen molar-refractivity contribution in [3.63, 3.8) is 0 Å². The van der Waals surface area contributed by atoms with Crippen LogP contribution in [0.3, 0.4) is 0 Å². The molecule has 0 unspecified atom stereocenters. The number of anilines is 1. The molecule has 0 bridgehead atoms. The first-order valence-corrected chi connectivity index (χ1v) is 11.2. The molecule has 1 aromatic heterocycles. The summed E-state index contributed by atoms with van der Waals surface area (Å²) < 4.78 is 32.6. The zero-order valence-electron chi connectivity index (χ0n) is 15.4. The number of benzene rings is 2. The maximum Gasteiger partial charge on any atom is 0.263 e. The SMILES string of the molecule is O=C(NCc1nc(C2CC2)no1)c1ccc(NS(=O)(=O)c2cc(Cl)ccc2Cl)cc1. The van der Waals surface area contributed by atoms with Gasteiger partial charge >= 0.3 is 0 Å². The minimum absolute atomic E-state index is 0.0498. The number of nitrogens with one attached hydrogen (secondary N) is 2. The fourth-order valence-electron chi connectivity index (χ4n) is 2.69. The van der Waals surface area contributed by atoms with Gasteiger partial charge in [-0.05, 0) is 55.3 Å². The summed E-state index contributed by atoms with van der Waals surface area (Å²) in [6.07, 6.45) is 2.12. The maximum atomic E-state index is 12.6. The van der Waals surface area contributed by atoms with Gasteiger partial charge in [0.2, 0.25) is 5.89 Å². The Hall–Kier alpha value is -2.62. The molecule has 0 saturated heterocycles. The van der Waals surface area contributed by atoms with Gasteiger partial charge in [-0.15, -0.1) is 0 Å². The number of halogens is 2. The van der Waals surface area contributed by atoms with Crippen LogP contribution in [0.2, 0.25) is 10.0 Å². The van der Waals surface area contributed by atoms with Crippen molar-refractivity contribution in [1.29, 1.82) is 0 Å². The largest absolute Gasteiger partial charge is 0.343 e. The summed E-state index contributed by atoms with van der Waals surface area (Å²) in [6.45, 7) is 0.111. The van der Waals surface area contributed by atoms with Crippen molar-refractivity contribution in [3.05, 3.63) is 69.8 Å². The van der Waals surface area contributed by atoms with Gasteiger partial charge in [0.05, 0.1) is 11.6 Å². The first-order valence-electron chi connectivity index (χ1n) is 9.00. The molecule has 1 aliphatic carbocycles. The number of rotatable bonds is 7. The van der Waals surface area contributed by atoms with E-state index in [0.29, 0.717) is 23.2 Å². The monoisotopic (exact) mass is 466 g/mol. The van der Waals surface area contributed by atoms with Crippen LogP contribution in [0.15, 0.2) is 51.9 Å². The Bertz CT molecular complexity index is 1190. The predicted molar refractivity (Wildman–Crippen MR) is 111 cm³/mol. The van der Waals surface area contributed by atoms with Crippen LogP contribution in [-0.2, 0) is 16.6 Å². The molecule has 0 radical (unpaired) electrons. The van der Waals surface area contributed by atoms with E-state index in [1.165, 1.54) is 42.5 Å². The van der Waals surface area contributed by atoms with Crippen LogP contribution in [0.4, 0.5) is 5.69 Å². The lowest BCUT2D eigenvalue weighted by atomic mass is 10.2. The first kappa shape index (κ1) is 20.6. The second kappa shape index (κ2) is 8.25. The Kier molecular flexibility index (Phi) is 5.68. The van der Waals surface area contributed by atoms with Crippen molar-refractivity contribution >= 4 is 44.8 Å². The van der Waals surface area contributed by atoms with Crippen LogP contribution in [-0.4, -0.2) is 24.5 Å². The third-order valence-corrected chi connectivity index (χ3v) is 6.51. The fraction of sp³-hybridized carbons (Fsp3) is 0.211. The highest BCUT2D eigenvalue weighted by Gasteiger charge is 2.28. The number of carbonyl (C=O) groups excluding carboxylic acids is 1. The molecule has 4 rings (SSSR count). The summed E-state index contributed by atoms with van der Waals surface area (Å²) in [6, 6.07) is 10.1. The van der Waals surface area contributed by atoms with Gasteiger partial charge in [-0.2, -0.15) is 4.98 Å². The van der Waals surface area contributed by atoms with Crippen LogP contribution in [0.1, 0.15) is 40.8 Å². The van der Waals surface area contributed by atoms with E-state index in [4.69, 9.17) is 27.7 Å². The zero-order chi connectivity index (χ0) is 21.3. The molecular formula is C19H16Cl2N4O4S. The molecule has 11 heteroatoms. The number of carbonyl (C=O) groups is 1. The smallest absolute Gasteiger partial charge is 0.263 e. The molecule has 0 atom stereocenters. The number of sulfonamides is 1. The first-order chi connectivity index (χ1) is 14.3. The van der Waals surface area contributed by atoms with Gasteiger partial charge in [0.1, 0.15) is 4.90 Å². The molecule has 0 aliphatic heterocycles. The van der Waals surface area contributed by atoms with Gasteiger partial charge in [0.15, 0.2) is 5.82 Å². The average Bonchev–Trinajstić information content (AvgIpc) is 3.46. The summed E-state index contributed by atoms with van der Waals surface area (Å²) in [5.74, 6) is 1.04. The summed E-state index contributed by atoms with van der Waals surface area (Å²) in [4.78, 5) is 16.4. The highest BCUT2D eigenvalue weighted by molar-refractivity contribution is 7.92. The molecule has 30 heavy (non-hydrogen) atoms. The third-order valence-electron chi connectivity index (χ3n) is 4.41. The standard InChI is InChI=1S/C19H16Cl2N4O4S/c20-13-5-8-15(21)16(9-13)30(27,28)25-14-6-3-12(4-7-14)19(26)22-10-17-23-18(24-29-17)11-1-2-11/h3-9,11,25H,1-2,10H2,(H,22,26). The quantitative estimate of drug-likeness (QED) is 0.543. The van der Waals surface area contributed by atoms with E-state index in [0.717, 1.165) is 12.8 Å². The molecule has 0 spiro atoms. The van der Waals surface area contributed by atoms with E-state index in [1.807, 2.05) is 0 Å². The second-order valence-electron chi connectivity index (χ2n) is 6.76. The summed E-state index contributed by atoms with van der Waals surface area (Å²) in [7, 11) is -3.94. The summed E-state index contributed by atoms with van der Waals surface area (Å²) in [5, 5.41) is 6.88. The molecule has 1 saturated carbocycles. The van der Waals surface area contributed by atoms with E-state index < -0.39 is 10.0 Å². The van der Waals surface area contributed by atoms with Crippen LogP contribution >= 0.6 is 23.2 Å². The van der Waals surface area contributed by atoms with Gasteiger partial charge in [0.25, 0.3) is 15.9 Å². The van der Waals surface area contributed by atoms with Crippen LogP contribution in [0.25, 0.3) is 0 Å². The van der Waals surface area contributed by atoms with E-state index >= 15 is 0 Å². The predicted octanol–water partition coefficient (Wildman–Crippen LogP) is 3.98. The minimum Gasteiger partial charge on any atom is -0.343 e. The summed E-state index contributed by atoms with van der Waals surface area (Å²) >= 11 is 11.8. The van der Waals surface area contributed by atoms with Crippen molar-refractivity contribution in [3.8, 4) is 0 Å². The minimum atomic E-state index is -3.94. The Morgan fingerprint density at radius 2 is 1.87 bits per heavy atom.